The molecule has 0 radical (unpaired) electrons. The van der Waals surface area contributed by atoms with E-state index >= 15 is 0 Å². The molecule has 0 saturated carbocycles. The molecule has 3 rings (SSSR count). The third-order valence-electron chi connectivity index (χ3n) is 3.32. The van der Waals surface area contributed by atoms with Crippen LogP contribution in [0.1, 0.15) is 0 Å². The fourth-order valence-electron chi connectivity index (χ4n) is 2.42. The second-order valence-corrected chi connectivity index (χ2v) is 6.89. The van der Waals surface area contributed by atoms with Gasteiger partial charge in [0.05, 0.1) is 10.8 Å². The number of fused-ring (bicyclic) bond motifs is 1. The van der Waals surface area contributed by atoms with Crippen molar-refractivity contribution in [1.82, 2.24) is 0 Å². The van der Waals surface area contributed by atoms with Gasteiger partial charge in [-0.15, -0.1) is 0 Å². The summed E-state index contributed by atoms with van der Waals surface area (Å²) < 4.78 is 13.1. The molecule has 0 aliphatic heterocycles. The van der Waals surface area contributed by atoms with E-state index in [9.17, 15) is 4.21 Å². The number of hydrogen-bond acceptors (Lipinski definition) is 1. The molecule has 20 heavy (non-hydrogen) atoms. The molecule has 0 spiro atoms. The summed E-state index contributed by atoms with van der Waals surface area (Å²) in [5.74, 6) is 0. The summed E-state index contributed by atoms with van der Waals surface area (Å²) >= 11 is 3.50. The highest BCUT2D eigenvalue weighted by atomic mass is 79.9. The summed E-state index contributed by atoms with van der Waals surface area (Å²) in [6.45, 7) is 0. The summed E-state index contributed by atoms with van der Waals surface area (Å²) in [4.78, 5) is 0.881. The summed E-state index contributed by atoms with van der Waals surface area (Å²) in [6, 6.07) is 20.3. The predicted octanol–water partition coefficient (Wildman–Crippen LogP) is 5.01. The molecule has 0 amide bonds. The van der Waals surface area contributed by atoms with Gasteiger partial charge in [-0.2, -0.15) is 0 Å². The highest BCUT2D eigenvalue weighted by Gasteiger charge is 2.12. The number of benzene rings is 3. The molecule has 0 N–H and O–H groups in total. The zero-order valence-corrected chi connectivity index (χ0v) is 13.4. The molecule has 1 unspecified atom stereocenters. The van der Waals surface area contributed by atoms with E-state index in [-0.39, 0.29) is 0 Å². The fourth-order valence-corrected chi connectivity index (χ4v) is 3.58. The molecule has 0 aliphatic carbocycles. The molecule has 0 saturated heterocycles. The molecule has 3 aromatic carbocycles. The minimum absolute atomic E-state index is 0.881. The van der Waals surface area contributed by atoms with Gasteiger partial charge in [-0.05, 0) is 34.5 Å². The van der Waals surface area contributed by atoms with Crippen LogP contribution in [0.5, 0.6) is 0 Å². The Morgan fingerprint density at radius 1 is 0.950 bits per heavy atom. The zero-order chi connectivity index (χ0) is 14.1. The van der Waals surface area contributed by atoms with E-state index < -0.39 is 10.8 Å². The van der Waals surface area contributed by atoms with Gasteiger partial charge >= 0.3 is 0 Å². The van der Waals surface area contributed by atoms with E-state index in [1.54, 1.807) is 6.26 Å². The van der Waals surface area contributed by atoms with Crippen molar-refractivity contribution in [3.05, 3.63) is 65.1 Å². The van der Waals surface area contributed by atoms with Crippen LogP contribution in [0.2, 0.25) is 0 Å². The van der Waals surface area contributed by atoms with E-state index in [1.807, 2.05) is 36.4 Å². The molecule has 100 valence electrons. The maximum Gasteiger partial charge on any atom is 0.0504 e. The number of halogens is 1. The Bertz CT molecular complexity index is 797. The van der Waals surface area contributed by atoms with E-state index in [1.165, 1.54) is 0 Å². The number of rotatable bonds is 2. The molecule has 0 heterocycles. The standard InChI is InChI=1S/C17H13BrOS/c1-20(19)16-10-7-13-11-14(18)8-9-15(13)17(16)12-5-3-2-4-6-12/h2-11H,1H3. The monoisotopic (exact) mass is 344 g/mol. The maximum atomic E-state index is 12.1. The third kappa shape index (κ3) is 2.43. The second-order valence-electron chi connectivity index (χ2n) is 4.62. The normalized spacial score (nSPS) is 12.5. The van der Waals surface area contributed by atoms with E-state index in [4.69, 9.17) is 0 Å². The highest BCUT2D eigenvalue weighted by molar-refractivity contribution is 9.10. The van der Waals surface area contributed by atoms with Gasteiger partial charge < -0.3 is 0 Å². The van der Waals surface area contributed by atoms with Crippen molar-refractivity contribution in [2.24, 2.45) is 0 Å². The maximum absolute atomic E-state index is 12.1. The minimum Gasteiger partial charge on any atom is -0.255 e. The Labute approximate surface area is 129 Å². The molecule has 3 heteroatoms. The van der Waals surface area contributed by atoms with Crippen molar-refractivity contribution >= 4 is 37.5 Å². The first kappa shape index (κ1) is 13.5. The third-order valence-corrected chi connectivity index (χ3v) is 4.77. The Balaban J connectivity index is 2.41. The van der Waals surface area contributed by atoms with Crippen LogP contribution in [0.15, 0.2) is 70.0 Å². The first-order chi connectivity index (χ1) is 9.66. The predicted molar refractivity (Wildman–Crippen MR) is 89.4 cm³/mol. The van der Waals surface area contributed by atoms with Gasteiger partial charge in [0.25, 0.3) is 0 Å². The Morgan fingerprint density at radius 2 is 1.70 bits per heavy atom. The summed E-state index contributed by atoms with van der Waals surface area (Å²) in [7, 11) is -1.01. The Morgan fingerprint density at radius 3 is 2.40 bits per heavy atom. The molecule has 0 aromatic heterocycles. The largest absolute Gasteiger partial charge is 0.255 e. The smallest absolute Gasteiger partial charge is 0.0504 e. The zero-order valence-electron chi connectivity index (χ0n) is 11.0. The van der Waals surface area contributed by atoms with E-state index in [0.717, 1.165) is 31.3 Å². The van der Waals surface area contributed by atoms with Crippen LogP contribution in [0.4, 0.5) is 0 Å². The van der Waals surface area contributed by atoms with Gasteiger partial charge in [-0.1, -0.05) is 58.4 Å². The lowest BCUT2D eigenvalue weighted by Crippen LogP contribution is -1.93. The molecular weight excluding hydrogens is 332 g/mol. The average molecular weight is 345 g/mol. The van der Waals surface area contributed by atoms with Crippen molar-refractivity contribution in [1.29, 1.82) is 0 Å². The molecule has 0 aliphatic rings. The van der Waals surface area contributed by atoms with Gasteiger partial charge in [0.15, 0.2) is 0 Å². The van der Waals surface area contributed by atoms with Crippen LogP contribution in [0.3, 0.4) is 0 Å². The van der Waals surface area contributed by atoms with E-state index in [0.29, 0.717) is 0 Å². The van der Waals surface area contributed by atoms with Crippen molar-refractivity contribution in [2.45, 2.75) is 4.90 Å². The molecular formula is C17H13BrOS. The Hall–Kier alpha value is -1.45. The number of hydrogen-bond donors (Lipinski definition) is 0. The topological polar surface area (TPSA) is 17.1 Å². The summed E-state index contributed by atoms with van der Waals surface area (Å²) in [5.41, 5.74) is 2.17. The first-order valence-corrected chi connectivity index (χ1v) is 8.63. The lowest BCUT2D eigenvalue weighted by Gasteiger charge is -2.12. The average Bonchev–Trinajstić information content (AvgIpc) is 2.46. The molecule has 0 bridgehead atoms. The van der Waals surface area contributed by atoms with Crippen molar-refractivity contribution in [3.8, 4) is 11.1 Å². The van der Waals surface area contributed by atoms with E-state index in [2.05, 4.69) is 40.2 Å². The van der Waals surface area contributed by atoms with Crippen LogP contribution in [0.25, 0.3) is 21.9 Å². The van der Waals surface area contributed by atoms with Crippen LogP contribution in [-0.4, -0.2) is 10.5 Å². The van der Waals surface area contributed by atoms with Crippen LogP contribution in [0, 0.1) is 0 Å². The molecule has 1 nitrogen and oxygen atoms in total. The van der Waals surface area contributed by atoms with Crippen molar-refractivity contribution in [3.63, 3.8) is 0 Å². The summed E-state index contributed by atoms with van der Waals surface area (Å²) in [6.07, 6.45) is 1.73. The molecule has 0 fully saturated rings. The highest BCUT2D eigenvalue weighted by Crippen LogP contribution is 2.34. The van der Waals surface area contributed by atoms with Gasteiger partial charge in [-0.25, -0.2) is 0 Å². The van der Waals surface area contributed by atoms with Crippen LogP contribution in [-0.2, 0) is 10.8 Å². The lowest BCUT2D eigenvalue weighted by molar-refractivity contribution is 0.687. The van der Waals surface area contributed by atoms with Gasteiger partial charge in [0.1, 0.15) is 0 Å². The molecule has 3 aromatic rings. The lowest BCUT2D eigenvalue weighted by atomic mass is 9.98. The molecule has 1 atom stereocenters. The summed E-state index contributed by atoms with van der Waals surface area (Å²) in [5, 5.41) is 2.28. The second kappa shape index (κ2) is 5.51. The minimum atomic E-state index is -1.01. The van der Waals surface area contributed by atoms with Crippen LogP contribution >= 0.6 is 15.9 Å². The van der Waals surface area contributed by atoms with Gasteiger partial charge in [-0.3, -0.25) is 4.21 Å². The van der Waals surface area contributed by atoms with Gasteiger partial charge in [0.2, 0.25) is 0 Å². The Kier molecular flexibility index (Phi) is 3.72. The van der Waals surface area contributed by atoms with Crippen molar-refractivity contribution < 1.29 is 4.21 Å². The first-order valence-electron chi connectivity index (χ1n) is 6.28. The quantitative estimate of drug-likeness (QED) is 0.638. The van der Waals surface area contributed by atoms with Gasteiger partial charge in [0, 0.05) is 21.2 Å². The van der Waals surface area contributed by atoms with Crippen LogP contribution < -0.4 is 0 Å². The van der Waals surface area contributed by atoms with Crippen molar-refractivity contribution in [2.75, 3.05) is 6.26 Å². The fraction of sp³-hybridized carbons (Fsp3) is 0.0588. The SMILES string of the molecule is CS(=O)c1ccc2cc(Br)ccc2c1-c1ccccc1.